The predicted molar refractivity (Wildman–Crippen MR) is 71.8 cm³/mol. The summed E-state index contributed by atoms with van der Waals surface area (Å²) in [5.41, 5.74) is 7.44. The van der Waals surface area contributed by atoms with Crippen molar-refractivity contribution in [2.75, 3.05) is 7.11 Å². The van der Waals surface area contributed by atoms with Gasteiger partial charge in [-0.3, -0.25) is 4.98 Å². The molecule has 1 aromatic heterocycles. The van der Waals surface area contributed by atoms with Crippen molar-refractivity contribution in [1.29, 1.82) is 0 Å². The fourth-order valence-corrected chi connectivity index (χ4v) is 2.90. The molecule has 1 saturated carbocycles. The molecule has 1 unspecified atom stereocenters. The van der Waals surface area contributed by atoms with Crippen molar-refractivity contribution in [3.63, 3.8) is 0 Å². The third kappa shape index (κ3) is 3.27. The van der Waals surface area contributed by atoms with E-state index in [1.165, 1.54) is 12.0 Å². The van der Waals surface area contributed by atoms with E-state index in [1.54, 1.807) is 13.3 Å². The van der Waals surface area contributed by atoms with E-state index < -0.39 is 0 Å². The van der Waals surface area contributed by atoms with E-state index in [0.717, 1.165) is 30.2 Å². The second kappa shape index (κ2) is 5.46. The van der Waals surface area contributed by atoms with Gasteiger partial charge < -0.3 is 10.5 Å². The third-order valence-corrected chi connectivity index (χ3v) is 4.03. The van der Waals surface area contributed by atoms with Crippen LogP contribution in [0.4, 0.5) is 0 Å². The highest BCUT2D eigenvalue weighted by Gasteiger charge is 2.38. The van der Waals surface area contributed by atoms with E-state index in [2.05, 4.69) is 27.0 Å². The number of aromatic nitrogens is 1. The van der Waals surface area contributed by atoms with Crippen molar-refractivity contribution in [2.24, 2.45) is 5.73 Å². The van der Waals surface area contributed by atoms with Crippen molar-refractivity contribution in [2.45, 2.75) is 43.7 Å². The second-order valence-corrected chi connectivity index (χ2v) is 5.84. The van der Waals surface area contributed by atoms with Gasteiger partial charge in [0.05, 0.1) is 5.60 Å². The molecule has 0 bridgehead atoms. The van der Waals surface area contributed by atoms with E-state index in [4.69, 9.17) is 10.5 Å². The summed E-state index contributed by atoms with van der Waals surface area (Å²) < 4.78 is 6.61. The lowest BCUT2D eigenvalue weighted by molar-refractivity contribution is -0.0813. The number of nitrogens with zero attached hydrogens (tertiary/aromatic N) is 1. The zero-order valence-electron chi connectivity index (χ0n) is 10.2. The summed E-state index contributed by atoms with van der Waals surface area (Å²) in [7, 11) is 1.80. The molecule has 94 valence electrons. The SMILES string of the molecule is COC1(CC(N)Cc2cncc(Br)c2)CCC1. The zero-order chi connectivity index (χ0) is 12.3. The van der Waals surface area contributed by atoms with E-state index in [1.807, 2.05) is 6.20 Å². The first-order chi connectivity index (χ1) is 8.13. The molecule has 1 aliphatic rings. The summed E-state index contributed by atoms with van der Waals surface area (Å²) in [6.07, 6.45) is 9.02. The molecular weight excluding hydrogens is 280 g/mol. The van der Waals surface area contributed by atoms with Crippen LogP contribution in [0.3, 0.4) is 0 Å². The molecule has 2 rings (SSSR count). The van der Waals surface area contributed by atoms with Crippen LogP contribution in [0.2, 0.25) is 0 Å². The van der Waals surface area contributed by atoms with Gasteiger partial charge in [-0.1, -0.05) is 0 Å². The molecule has 0 aromatic carbocycles. The summed E-state index contributed by atoms with van der Waals surface area (Å²) >= 11 is 3.42. The topological polar surface area (TPSA) is 48.1 Å². The fourth-order valence-electron chi connectivity index (χ4n) is 2.48. The van der Waals surface area contributed by atoms with Gasteiger partial charge in [-0.25, -0.2) is 0 Å². The van der Waals surface area contributed by atoms with E-state index in [9.17, 15) is 0 Å². The molecule has 2 N–H and O–H groups in total. The first kappa shape index (κ1) is 13.0. The van der Waals surface area contributed by atoms with E-state index in [-0.39, 0.29) is 11.6 Å². The highest BCUT2D eigenvalue weighted by atomic mass is 79.9. The molecule has 0 spiro atoms. The normalized spacial score (nSPS) is 19.7. The maximum absolute atomic E-state index is 6.20. The van der Waals surface area contributed by atoms with Gasteiger partial charge in [0.1, 0.15) is 0 Å². The maximum Gasteiger partial charge on any atom is 0.0693 e. The Morgan fingerprint density at radius 2 is 2.29 bits per heavy atom. The summed E-state index contributed by atoms with van der Waals surface area (Å²) in [5, 5.41) is 0. The molecule has 1 fully saturated rings. The zero-order valence-corrected chi connectivity index (χ0v) is 11.7. The lowest BCUT2D eigenvalue weighted by atomic mass is 9.75. The molecule has 1 atom stereocenters. The van der Waals surface area contributed by atoms with Crippen LogP contribution in [0, 0.1) is 0 Å². The Balaban J connectivity index is 1.90. The number of pyridine rings is 1. The minimum absolute atomic E-state index is 0.0544. The van der Waals surface area contributed by atoms with Crippen molar-refractivity contribution >= 4 is 15.9 Å². The van der Waals surface area contributed by atoms with Crippen molar-refractivity contribution in [3.8, 4) is 0 Å². The molecule has 0 saturated heterocycles. The van der Waals surface area contributed by atoms with Crippen molar-refractivity contribution in [3.05, 3.63) is 28.5 Å². The number of halogens is 1. The lowest BCUT2D eigenvalue weighted by Crippen LogP contribution is -2.45. The molecule has 1 aromatic rings. The van der Waals surface area contributed by atoms with Gasteiger partial charge >= 0.3 is 0 Å². The first-order valence-electron chi connectivity index (χ1n) is 6.04. The van der Waals surface area contributed by atoms with Gasteiger partial charge in [0, 0.05) is 30.0 Å². The van der Waals surface area contributed by atoms with Crippen molar-refractivity contribution < 1.29 is 4.74 Å². The molecule has 0 amide bonds. The minimum atomic E-state index is 0.0544. The van der Waals surface area contributed by atoms with Gasteiger partial charge in [0.25, 0.3) is 0 Å². The third-order valence-electron chi connectivity index (χ3n) is 3.59. The largest absolute Gasteiger partial charge is 0.378 e. The Labute approximate surface area is 111 Å². The fraction of sp³-hybridized carbons (Fsp3) is 0.615. The summed E-state index contributed by atoms with van der Waals surface area (Å²) in [6, 6.07) is 2.22. The summed E-state index contributed by atoms with van der Waals surface area (Å²) in [5.74, 6) is 0. The van der Waals surface area contributed by atoms with Crippen LogP contribution in [0.25, 0.3) is 0 Å². The molecule has 4 heteroatoms. The lowest BCUT2D eigenvalue weighted by Gasteiger charge is -2.42. The Morgan fingerprint density at radius 1 is 1.53 bits per heavy atom. The van der Waals surface area contributed by atoms with Crippen molar-refractivity contribution in [1.82, 2.24) is 4.98 Å². The Bertz CT molecular complexity index is 374. The quantitative estimate of drug-likeness (QED) is 0.909. The number of hydrogen-bond acceptors (Lipinski definition) is 3. The molecule has 17 heavy (non-hydrogen) atoms. The van der Waals surface area contributed by atoms with Gasteiger partial charge in [-0.05, 0) is 59.7 Å². The van der Waals surface area contributed by atoms with E-state index >= 15 is 0 Å². The summed E-state index contributed by atoms with van der Waals surface area (Å²) in [4.78, 5) is 4.15. The van der Waals surface area contributed by atoms with Gasteiger partial charge in [0.15, 0.2) is 0 Å². The van der Waals surface area contributed by atoms with Crippen LogP contribution in [0.1, 0.15) is 31.2 Å². The second-order valence-electron chi connectivity index (χ2n) is 4.92. The predicted octanol–water partition coefficient (Wildman–Crippen LogP) is 2.67. The van der Waals surface area contributed by atoms with Crippen LogP contribution < -0.4 is 5.73 Å². The summed E-state index contributed by atoms with van der Waals surface area (Å²) in [6.45, 7) is 0. The Kier molecular flexibility index (Phi) is 4.17. The maximum atomic E-state index is 6.20. The highest BCUT2D eigenvalue weighted by molar-refractivity contribution is 9.10. The standard InChI is InChI=1S/C13H19BrN2O/c1-17-13(3-2-4-13)7-12(15)6-10-5-11(14)9-16-8-10/h5,8-9,12H,2-4,6-7,15H2,1H3. The van der Waals surface area contributed by atoms with Crippen LogP contribution in [0.5, 0.6) is 0 Å². The molecule has 0 aliphatic heterocycles. The smallest absolute Gasteiger partial charge is 0.0693 e. The number of hydrogen-bond donors (Lipinski definition) is 1. The number of methoxy groups -OCH3 is 1. The molecule has 3 nitrogen and oxygen atoms in total. The van der Waals surface area contributed by atoms with Gasteiger partial charge in [-0.2, -0.15) is 0 Å². The monoisotopic (exact) mass is 298 g/mol. The first-order valence-corrected chi connectivity index (χ1v) is 6.83. The molecule has 0 radical (unpaired) electrons. The van der Waals surface area contributed by atoms with E-state index in [0.29, 0.717) is 0 Å². The van der Waals surface area contributed by atoms with Crippen LogP contribution in [0.15, 0.2) is 22.9 Å². The Morgan fingerprint density at radius 3 is 2.82 bits per heavy atom. The molecule has 1 heterocycles. The molecule has 1 aliphatic carbocycles. The highest BCUT2D eigenvalue weighted by Crippen LogP contribution is 2.38. The Hall–Kier alpha value is -0.450. The van der Waals surface area contributed by atoms with Gasteiger partial charge in [0.2, 0.25) is 0 Å². The average molecular weight is 299 g/mol. The average Bonchev–Trinajstić information content (AvgIpc) is 2.23. The van der Waals surface area contributed by atoms with Crippen LogP contribution >= 0.6 is 15.9 Å². The van der Waals surface area contributed by atoms with Gasteiger partial charge in [-0.15, -0.1) is 0 Å². The van der Waals surface area contributed by atoms with Crippen LogP contribution in [-0.2, 0) is 11.2 Å². The molecular formula is C13H19BrN2O. The number of nitrogens with two attached hydrogens (primary N) is 1. The van der Waals surface area contributed by atoms with Crippen LogP contribution in [-0.4, -0.2) is 23.7 Å². The number of ether oxygens (including phenoxy) is 1. The minimum Gasteiger partial charge on any atom is -0.378 e. The number of rotatable bonds is 5.